The molecular weight excluding hydrogens is 422 g/mol. The SMILES string of the molecule is CSN(C)c1ncccc1Cn1ccc2cnc(Nc3ccc4c(c3)CC(=O)N4C)nc21. The molecule has 0 spiro atoms. The molecule has 162 valence electrons. The lowest BCUT2D eigenvalue weighted by molar-refractivity contribution is -0.117. The topological polar surface area (TPSA) is 79.2 Å². The lowest BCUT2D eigenvalue weighted by Crippen LogP contribution is -2.20. The molecule has 1 aromatic carbocycles. The zero-order chi connectivity index (χ0) is 22.2. The van der Waals surface area contributed by atoms with E-state index in [0.29, 0.717) is 18.9 Å². The second kappa shape index (κ2) is 8.16. The summed E-state index contributed by atoms with van der Waals surface area (Å²) >= 11 is 1.62. The Balaban J connectivity index is 1.43. The molecule has 1 aliphatic rings. The Morgan fingerprint density at radius 2 is 2.09 bits per heavy atom. The summed E-state index contributed by atoms with van der Waals surface area (Å²) in [6.07, 6.45) is 8.11. The van der Waals surface area contributed by atoms with Gasteiger partial charge in [-0.2, -0.15) is 4.98 Å². The molecule has 0 aliphatic carbocycles. The fraction of sp³-hybridized carbons (Fsp3) is 0.217. The minimum absolute atomic E-state index is 0.106. The highest BCUT2D eigenvalue weighted by molar-refractivity contribution is 7.99. The van der Waals surface area contributed by atoms with Gasteiger partial charge in [0.05, 0.1) is 13.0 Å². The van der Waals surface area contributed by atoms with Crippen LogP contribution in [0.4, 0.5) is 23.1 Å². The van der Waals surface area contributed by atoms with Gasteiger partial charge in [0.15, 0.2) is 0 Å². The number of carbonyl (C=O) groups is 1. The number of pyridine rings is 1. The predicted octanol–water partition coefficient (Wildman–Crippen LogP) is 3.85. The summed E-state index contributed by atoms with van der Waals surface area (Å²) in [7, 11) is 3.81. The van der Waals surface area contributed by atoms with Crippen molar-refractivity contribution in [1.82, 2.24) is 19.5 Å². The van der Waals surface area contributed by atoms with Crippen molar-refractivity contribution in [3.8, 4) is 0 Å². The summed E-state index contributed by atoms with van der Waals surface area (Å²) in [6.45, 7) is 0.654. The van der Waals surface area contributed by atoms with Crippen LogP contribution in [-0.2, 0) is 17.8 Å². The van der Waals surface area contributed by atoms with Crippen LogP contribution in [-0.4, -0.2) is 45.8 Å². The van der Waals surface area contributed by atoms with E-state index >= 15 is 0 Å². The van der Waals surface area contributed by atoms with E-state index < -0.39 is 0 Å². The summed E-state index contributed by atoms with van der Waals surface area (Å²) in [4.78, 5) is 27.4. The lowest BCUT2D eigenvalue weighted by Gasteiger charge is -2.18. The van der Waals surface area contributed by atoms with E-state index in [1.807, 2.05) is 62.2 Å². The minimum Gasteiger partial charge on any atom is -0.328 e. The van der Waals surface area contributed by atoms with E-state index in [4.69, 9.17) is 4.98 Å². The number of hydrogen-bond donors (Lipinski definition) is 1. The molecule has 0 saturated heterocycles. The maximum absolute atomic E-state index is 12.0. The third-order valence-corrected chi connectivity index (χ3v) is 6.42. The minimum atomic E-state index is 0.106. The maximum atomic E-state index is 12.0. The van der Waals surface area contributed by atoms with Gasteiger partial charge in [0.25, 0.3) is 0 Å². The first-order valence-corrected chi connectivity index (χ1v) is 11.4. The summed E-state index contributed by atoms with van der Waals surface area (Å²) in [5, 5.41) is 4.26. The van der Waals surface area contributed by atoms with Gasteiger partial charge in [0, 0.05) is 61.3 Å². The molecule has 9 heteroatoms. The summed E-state index contributed by atoms with van der Waals surface area (Å²) in [5.74, 6) is 1.56. The van der Waals surface area contributed by atoms with Crippen LogP contribution in [0.3, 0.4) is 0 Å². The third-order valence-electron chi connectivity index (χ3n) is 5.70. The van der Waals surface area contributed by atoms with Gasteiger partial charge in [0.2, 0.25) is 11.9 Å². The van der Waals surface area contributed by atoms with Gasteiger partial charge in [-0.15, -0.1) is 0 Å². The molecule has 8 nitrogen and oxygen atoms in total. The highest BCUT2D eigenvalue weighted by atomic mass is 32.2. The van der Waals surface area contributed by atoms with Gasteiger partial charge in [-0.05, 0) is 35.9 Å². The summed E-state index contributed by atoms with van der Waals surface area (Å²) in [5.41, 5.74) is 4.78. The molecule has 3 aromatic heterocycles. The number of fused-ring (bicyclic) bond motifs is 2. The van der Waals surface area contributed by atoms with Crippen molar-refractivity contribution < 1.29 is 4.79 Å². The molecule has 1 N–H and O–H groups in total. The van der Waals surface area contributed by atoms with Crippen LogP contribution >= 0.6 is 11.9 Å². The molecular formula is C23H23N7OS. The van der Waals surface area contributed by atoms with Crippen LogP contribution < -0.4 is 14.5 Å². The Bertz CT molecular complexity index is 1320. The van der Waals surface area contributed by atoms with Gasteiger partial charge >= 0.3 is 0 Å². The van der Waals surface area contributed by atoms with Crippen LogP contribution in [0.2, 0.25) is 0 Å². The average Bonchev–Trinajstić information content (AvgIpc) is 3.33. The molecule has 0 unspecified atom stereocenters. The van der Waals surface area contributed by atoms with E-state index in [0.717, 1.165) is 39.4 Å². The third kappa shape index (κ3) is 3.64. The number of likely N-dealkylation sites (N-methyl/N-ethyl adjacent to an activating group) is 1. The smallest absolute Gasteiger partial charge is 0.231 e. The van der Waals surface area contributed by atoms with Crippen molar-refractivity contribution in [1.29, 1.82) is 0 Å². The Hall–Kier alpha value is -3.59. The number of nitrogens with zero attached hydrogens (tertiary/aromatic N) is 6. The summed E-state index contributed by atoms with van der Waals surface area (Å²) in [6, 6.07) is 11.9. The number of aromatic nitrogens is 4. The van der Waals surface area contributed by atoms with Crippen molar-refractivity contribution in [2.24, 2.45) is 0 Å². The summed E-state index contributed by atoms with van der Waals surface area (Å²) < 4.78 is 4.16. The number of carbonyl (C=O) groups excluding carboxylic acids is 1. The normalized spacial score (nSPS) is 13.0. The highest BCUT2D eigenvalue weighted by Crippen LogP contribution is 2.31. The van der Waals surface area contributed by atoms with E-state index in [9.17, 15) is 4.79 Å². The first kappa shape index (κ1) is 20.3. The van der Waals surface area contributed by atoms with Crippen LogP contribution in [0.1, 0.15) is 11.1 Å². The first-order chi connectivity index (χ1) is 15.5. The molecule has 4 aromatic rings. The fourth-order valence-corrected chi connectivity index (χ4v) is 4.28. The second-order valence-electron chi connectivity index (χ2n) is 7.68. The number of anilines is 4. The van der Waals surface area contributed by atoms with Gasteiger partial charge in [-0.3, -0.25) is 4.79 Å². The average molecular weight is 446 g/mol. The van der Waals surface area contributed by atoms with Gasteiger partial charge in [-0.25, -0.2) is 9.97 Å². The van der Waals surface area contributed by atoms with E-state index in [-0.39, 0.29) is 5.91 Å². The number of rotatable bonds is 6. The van der Waals surface area contributed by atoms with Gasteiger partial charge in [0.1, 0.15) is 11.5 Å². The van der Waals surface area contributed by atoms with Crippen molar-refractivity contribution in [3.05, 3.63) is 66.1 Å². The lowest BCUT2D eigenvalue weighted by atomic mass is 10.1. The van der Waals surface area contributed by atoms with Crippen molar-refractivity contribution in [2.45, 2.75) is 13.0 Å². The predicted molar refractivity (Wildman–Crippen MR) is 130 cm³/mol. The molecule has 5 rings (SSSR count). The Labute approximate surface area is 190 Å². The molecule has 0 saturated carbocycles. The molecule has 0 bridgehead atoms. The highest BCUT2D eigenvalue weighted by Gasteiger charge is 2.24. The number of benzene rings is 1. The Morgan fingerprint density at radius 3 is 2.94 bits per heavy atom. The van der Waals surface area contributed by atoms with Crippen LogP contribution in [0, 0.1) is 0 Å². The maximum Gasteiger partial charge on any atom is 0.231 e. The molecule has 0 radical (unpaired) electrons. The Kier molecular flexibility index (Phi) is 5.18. The van der Waals surface area contributed by atoms with Crippen LogP contribution in [0.25, 0.3) is 11.0 Å². The van der Waals surface area contributed by atoms with Crippen molar-refractivity contribution >= 4 is 52.0 Å². The molecule has 4 heterocycles. The standard InChI is InChI=1S/C23H23N7OS/c1-28-19-7-6-18(11-17(19)12-20(28)31)26-23-25-13-15-8-10-30(22(15)27-23)14-16-5-4-9-24-21(16)29(2)32-3/h4-11,13H,12,14H2,1-3H3,(H,25,26,27). The van der Waals surface area contributed by atoms with E-state index in [2.05, 4.69) is 30.2 Å². The zero-order valence-corrected chi connectivity index (χ0v) is 18.9. The number of nitrogens with one attached hydrogen (secondary N) is 1. The van der Waals surface area contributed by atoms with E-state index in [1.54, 1.807) is 23.9 Å². The second-order valence-corrected chi connectivity index (χ2v) is 8.59. The zero-order valence-electron chi connectivity index (χ0n) is 18.1. The monoisotopic (exact) mass is 445 g/mol. The van der Waals surface area contributed by atoms with Gasteiger partial charge in [-0.1, -0.05) is 18.0 Å². The molecule has 32 heavy (non-hydrogen) atoms. The molecule has 0 atom stereocenters. The molecule has 1 amide bonds. The largest absolute Gasteiger partial charge is 0.328 e. The van der Waals surface area contributed by atoms with Crippen LogP contribution in [0.15, 0.2) is 55.0 Å². The fourth-order valence-electron chi connectivity index (χ4n) is 3.94. The van der Waals surface area contributed by atoms with Crippen molar-refractivity contribution in [3.63, 3.8) is 0 Å². The van der Waals surface area contributed by atoms with Gasteiger partial charge < -0.3 is 19.1 Å². The first-order valence-electron chi connectivity index (χ1n) is 10.2. The molecule has 0 fully saturated rings. The van der Waals surface area contributed by atoms with E-state index in [1.165, 1.54) is 0 Å². The number of amides is 1. The van der Waals surface area contributed by atoms with Crippen LogP contribution in [0.5, 0.6) is 0 Å². The molecule has 1 aliphatic heterocycles. The Morgan fingerprint density at radius 1 is 1.22 bits per heavy atom. The number of hydrogen-bond acceptors (Lipinski definition) is 7. The quantitative estimate of drug-likeness (QED) is 0.452. The van der Waals surface area contributed by atoms with Crippen molar-refractivity contribution in [2.75, 3.05) is 34.9 Å².